The summed E-state index contributed by atoms with van der Waals surface area (Å²) < 4.78 is 11.1. The molecule has 1 aromatic carbocycles. The first-order valence-electron chi connectivity index (χ1n) is 6.04. The third-order valence-electron chi connectivity index (χ3n) is 2.65. The molecule has 0 radical (unpaired) electrons. The highest BCUT2D eigenvalue weighted by atomic mass is 32.2. The molecule has 5 heteroatoms. The van der Waals surface area contributed by atoms with Crippen LogP contribution in [0.3, 0.4) is 0 Å². The minimum Gasteiger partial charge on any atom is -0.493 e. The lowest BCUT2D eigenvalue weighted by molar-refractivity contribution is 0.311. The molecule has 0 fully saturated rings. The molecule has 0 unspecified atom stereocenters. The van der Waals surface area contributed by atoms with E-state index in [9.17, 15) is 0 Å². The average Bonchev–Trinajstić information content (AvgIpc) is 2.80. The van der Waals surface area contributed by atoms with E-state index in [0.29, 0.717) is 18.9 Å². The zero-order valence-corrected chi connectivity index (χ0v) is 11.2. The van der Waals surface area contributed by atoms with Crippen molar-refractivity contribution in [2.45, 2.75) is 13.3 Å². The first-order chi connectivity index (χ1) is 8.85. The molecule has 0 atom stereocenters. The number of hydrogen-bond acceptors (Lipinski definition) is 5. The van der Waals surface area contributed by atoms with Gasteiger partial charge >= 0.3 is 0 Å². The summed E-state index contributed by atoms with van der Waals surface area (Å²) in [5.41, 5.74) is 1.40. The van der Waals surface area contributed by atoms with Gasteiger partial charge in [0.2, 0.25) is 0 Å². The van der Waals surface area contributed by atoms with Crippen molar-refractivity contribution in [1.29, 1.82) is 0 Å². The molecule has 0 aliphatic carbocycles. The molecule has 1 heterocycles. The quantitative estimate of drug-likeness (QED) is 0.489. The Morgan fingerprint density at radius 3 is 3.17 bits per heavy atom. The molecule has 4 nitrogen and oxygen atoms in total. The van der Waals surface area contributed by atoms with Gasteiger partial charge in [0.15, 0.2) is 0 Å². The highest BCUT2D eigenvalue weighted by Gasteiger charge is 2.20. The van der Waals surface area contributed by atoms with Crippen LogP contribution in [0, 0.1) is 0 Å². The van der Waals surface area contributed by atoms with Crippen molar-refractivity contribution in [3.05, 3.63) is 23.8 Å². The van der Waals surface area contributed by atoms with Crippen molar-refractivity contribution < 1.29 is 14.7 Å². The van der Waals surface area contributed by atoms with Gasteiger partial charge in [-0.2, -0.15) is 11.8 Å². The van der Waals surface area contributed by atoms with Crippen LogP contribution in [-0.2, 0) is 0 Å². The molecular weight excluding hydrogens is 250 g/mol. The van der Waals surface area contributed by atoms with Crippen LogP contribution in [0.15, 0.2) is 23.4 Å². The summed E-state index contributed by atoms with van der Waals surface area (Å²) in [5, 5.41) is 12.0. The highest BCUT2D eigenvalue weighted by Crippen LogP contribution is 2.29. The van der Waals surface area contributed by atoms with Crippen LogP contribution >= 0.6 is 11.8 Å². The fourth-order valence-corrected chi connectivity index (χ4v) is 2.36. The molecule has 1 aliphatic rings. The minimum absolute atomic E-state index is 0.322. The van der Waals surface area contributed by atoms with E-state index in [0.717, 1.165) is 35.0 Å². The number of nitrogens with zero attached hydrogens (tertiary/aromatic N) is 1. The Morgan fingerprint density at radius 1 is 1.50 bits per heavy atom. The van der Waals surface area contributed by atoms with Gasteiger partial charge in [0, 0.05) is 11.6 Å². The summed E-state index contributed by atoms with van der Waals surface area (Å²) in [6.45, 7) is 3.19. The summed E-state index contributed by atoms with van der Waals surface area (Å²) in [5.74, 6) is 3.80. The monoisotopic (exact) mass is 267 g/mol. The van der Waals surface area contributed by atoms with Gasteiger partial charge in [-0.15, -0.1) is 0 Å². The van der Waals surface area contributed by atoms with Crippen LogP contribution in [0.1, 0.15) is 18.9 Å². The zero-order chi connectivity index (χ0) is 12.8. The zero-order valence-electron chi connectivity index (χ0n) is 10.4. The van der Waals surface area contributed by atoms with Gasteiger partial charge in [-0.25, -0.2) is 0 Å². The molecule has 0 bridgehead atoms. The Balaban J connectivity index is 1.88. The lowest BCUT2D eigenvalue weighted by atomic mass is 10.1. The molecule has 0 saturated carbocycles. The van der Waals surface area contributed by atoms with Gasteiger partial charge < -0.3 is 14.7 Å². The summed E-state index contributed by atoms with van der Waals surface area (Å²) in [6, 6.07) is 5.60. The second-order valence-corrected chi connectivity index (χ2v) is 5.29. The normalized spacial score (nSPS) is 15.5. The van der Waals surface area contributed by atoms with E-state index in [1.807, 2.05) is 30.0 Å². The van der Waals surface area contributed by atoms with Gasteiger partial charge in [0.1, 0.15) is 23.8 Å². The SMILES string of the molecule is CCSCCCOc1ccc2c(c1)OC/C2=N\O. The van der Waals surface area contributed by atoms with Crippen molar-refractivity contribution in [2.24, 2.45) is 5.16 Å². The van der Waals surface area contributed by atoms with E-state index in [1.54, 1.807) is 0 Å². The van der Waals surface area contributed by atoms with Gasteiger partial charge in [-0.05, 0) is 30.1 Å². The molecule has 18 heavy (non-hydrogen) atoms. The van der Waals surface area contributed by atoms with Gasteiger partial charge in [0.05, 0.1) is 6.61 Å². The second kappa shape index (κ2) is 6.54. The standard InChI is InChI=1S/C13H17NO3S/c1-2-18-7-3-6-16-10-4-5-11-12(14-15)9-17-13(11)8-10/h4-5,8,15H,2-3,6-7,9H2,1H3/b14-12+. The van der Waals surface area contributed by atoms with Crippen LogP contribution in [0.25, 0.3) is 0 Å². The van der Waals surface area contributed by atoms with Crippen molar-refractivity contribution in [3.8, 4) is 11.5 Å². The van der Waals surface area contributed by atoms with Crippen molar-refractivity contribution >= 4 is 17.5 Å². The van der Waals surface area contributed by atoms with Crippen LogP contribution in [0.5, 0.6) is 11.5 Å². The summed E-state index contributed by atoms with van der Waals surface area (Å²) >= 11 is 1.92. The number of benzene rings is 1. The lowest BCUT2D eigenvalue weighted by Gasteiger charge is -2.07. The molecule has 0 amide bonds. The minimum atomic E-state index is 0.322. The lowest BCUT2D eigenvalue weighted by Crippen LogP contribution is -2.01. The largest absolute Gasteiger partial charge is 0.493 e. The molecule has 1 N–H and O–H groups in total. The topological polar surface area (TPSA) is 51.0 Å². The Kier molecular flexibility index (Phi) is 4.75. The fraction of sp³-hybridized carbons (Fsp3) is 0.462. The summed E-state index contributed by atoms with van der Waals surface area (Å²) in [6.07, 6.45) is 1.04. The second-order valence-electron chi connectivity index (χ2n) is 3.89. The van der Waals surface area contributed by atoms with Crippen LogP contribution in [0.2, 0.25) is 0 Å². The fourth-order valence-electron chi connectivity index (χ4n) is 1.75. The van der Waals surface area contributed by atoms with Crippen LogP contribution < -0.4 is 9.47 Å². The smallest absolute Gasteiger partial charge is 0.134 e. The molecule has 1 aromatic rings. The molecule has 98 valence electrons. The van der Waals surface area contributed by atoms with Crippen molar-refractivity contribution in [3.63, 3.8) is 0 Å². The first-order valence-corrected chi connectivity index (χ1v) is 7.19. The Morgan fingerprint density at radius 2 is 2.39 bits per heavy atom. The molecule has 2 rings (SSSR count). The maximum absolute atomic E-state index is 8.78. The first kappa shape index (κ1) is 13.1. The highest BCUT2D eigenvalue weighted by molar-refractivity contribution is 7.99. The van der Waals surface area contributed by atoms with E-state index in [-0.39, 0.29) is 0 Å². The summed E-state index contributed by atoms with van der Waals surface area (Å²) in [4.78, 5) is 0. The predicted octanol–water partition coefficient (Wildman–Crippen LogP) is 2.78. The molecule has 0 saturated heterocycles. The van der Waals surface area contributed by atoms with Gasteiger partial charge in [-0.3, -0.25) is 0 Å². The molecule has 0 spiro atoms. The number of hydrogen-bond donors (Lipinski definition) is 1. The number of ether oxygens (including phenoxy) is 2. The third kappa shape index (κ3) is 3.10. The van der Waals surface area contributed by atoms with Crippen molar-refractivity contribution in [2.75, 3.05) is 24.7 Å². The number of thioether (sulfide) groups is 1. The van der Waals surface area contributed by atoms with Crippen LogP contribution in [0.4, 0.5) is 0 Å². The average molecular weight is 267 g/mol. The maximum atomic E-state index is 8.78. The van der Waals surface area contributed by atoms with E-state index < -0.39 is 0 Å². The molecule has 0 aromatic heterocycles. The van der Waals surface area contributed by atoms with Crippen molar-refractivity contribution in [1.82, 2.24) is 0 Å². The van der Waals surface area contributed by atoms with Gasteiger partial charge in [0.25, 0.3) is 0 Å². The number of oxime groups is 1. The third-order valence-corrected chi connectivity index (χ3v) is 3.64. The van der Waals surface area contributed by atoms with E-state index in [4.69, 9.17) is 14.7 Å². The molecular formula is C13H17NO3S. The predicted molar refractivity (Wildman–Crippen MR) is 73.4 cm³/mol. The number of rotatable bonds is 6. The van der Waals surface area contributed by atoms with Gasteiger partial charge in [-0.1, -0.05) is 12.1 Å². The Hall–Kier alpha value is -1.36. The van der Waals surface area contributed by atoms with E-state index in [1.165, 1.54) is 0 Å². The Labute approximate surface area is 111 Å². The number of fused-ring (bicyclic) bond motifs is 1. The molecule has 1 aliphatic heterocycles. The van der Waals surface area contributed by atoms with Crippen LogP contribution in [-0.4, -0.2) is 35.6 Å². The maximum Gasteiger partial charge on any atom is 0.134 e. The summed E-state index contributed by atoms with van der Waals surface area (Å²) in [7, 11) is 0. The van der Waals surface area contributed by atoms with E-state index in [2.05, 4.69) is 12.1 Å². The van der Waals surface area contributed by atoms with E-state index >= 15 is 0 Å². The Bertz CT molecular complexity index is 434.